The molecule has 0 aliphatic rings. The summed E-state index contributed by atoms with van der Waals surface area (Å²) in [7, 11) is 0. The number of benzene rings is 1. The van der Waals surface area contributed by atoms with Gasteiger partial charge in [-0.25, -0.2) is 4.79 Å². The van der Waals surface area contributed by atoms with E-state index in [0.29, 0.717) is 5.92 Å². The summed E-state index contributed by atoms with van der Waals surface area (Å²) >= 11 is 0. The number of hydrogen-bond donors (Lipinski definition) is 2. The monoisotopic (exact) mass is 204 g/mol. The molecular weight excluding hydrogens is 188 g/mol. The first kappa shape index (κ1) is 11.3. The van der Waals surface area contributed by atoms with Gasteiger partial charge < -0.3 is 10.6 Å². The maximum Gasteiger partial charge on any atom is 0.323 e. The highest BCUT2D eigenvalue weighted by molar-refractivity contribution is 5.90. The third-order valence-electron chi connectivity index (χ3n) is 2.06. The quantitative estimate of drug-likeness (QED) is 0.780. The Morgan fingerprint density at radius 1 is 1.40 bits per heavy atom. The summed E-state index contributed by atoms with van der Waals surface area (Å²) in [5.41, 5.74) is 1.96. The number of amides is 2. The summed E-state index contributed by atoms with van der Waals surface area (Å²) in [6.07, 6.45) is 1.35. The topological polar surface area (TPSA) is 41.1 Å². The number of hydrogen-bond acceptors (Lipinski definition) is 1. The Labute approximate surface area is 90.2 Å². The molecule has 0 aliphatic carbocycles. The van der Waals surface area contributed by atoms with Crippen LogP contribution in [-0.4, -0.2) is 6.03 Å². The Morgan fingerprint density at radius 3 is 2.67 bits per heavy atom. The number of carbonyl (C=O) groups is 1. The van der Waals surface area contributed by atoms with Gasteiger partial charge in [-0.15, -0.1) is 0 Å². The molecule has 1 rings (SSSR count). The second kappa shape index (κ2) is 5.20. The SMILES string of the molecule is C=CNC(=O)Nc1ccccc1C(C)C. The molecule has 15 heavy (non-hydrogen) atoms. The highest BCUT2D eigenvalue weighted by atomic mass is 16.2. The smallest absolute Gasteiger partial charge is 0.315 e. The van der Waals surface area contributed by atoms with Crippen LogP contribution in [0.1, 0.15) is 25.3 Å². The van der Waals surface area contributed by atoms with E-state index in [2.05, 4.69) is 31.1 Å². The van der Waals surface area contributed by atoms with Crippen molar-refractivity contribution in [1.29, 1.82) is 0 Å². The average molecular weight is 204 g/mol. The Bertz CT molecular complexity index is 358. The van der Waals surface area contributed by atoms with Crippen molar-refractivity contribution in [2.24, 2.45) is 0 Å². The first-order valence-corrected chi connectivity index (χ1v) is 4.92. The van der Waals surface area contributed by atoms with Crippen molar-refractivity contribution in [2.45, 2.75) is 19.8 Å². The van der Waals surface area contributed by atoms with Crippen LogP contribution in [0, 0.1) is 0 Å². The third kappa shape index (κ3) is 3.13. The minimum Gasteiger partial charge on any atom is -0.315 e. The van der Waals surface area contributed by atoms with Gasteiger partial charge >= 0.3 is 6.03 Å². The number of carbonyl (C=O) groups excluding carboxylic acids is 1. The van der Waals surface area contributed by atoms with Gasteiger partial charge in [0, 0.05) is 5.69 Å². The van der Waals surface area contributed by atoms with Gasteiger partial charge in [-0.1, -0.05) is 38.6 Å². The lowest BCUT2D eigenvalue weighted by molar-refractivity contribution is 0.255. The van der Waals surface area contributed by atoms with E-state index in [4.69, 9.17) is 0 Å². The normalized spacial score (nSPS) is 9.80. The summed E-state index contributed by atoms with van der Waals surface area (Å²) in [6, 6.07) is 7.49. The molecule has 0 fully saturated rings. The zero-order chi connectivity index (χ0) is 11.3. The molecule has 3 heteroatoms. The molecule has 0 unspecified atom stereocenters. The first-order chi connectivity index (χ1) is 7.15. The molecule has 0 bridgehead atoms. The predicted octanol–water partition coefficient (Wildman–Crippen LogP) is 3.08. The van der Waals surface area contributed by atoms with Gasteiger partial charge in [0.05, 0.1) is 0 Å². The molecule has 0 saturated heterocycles. The Kier molecular flexibility index (Phi) is 3.92. The average Bonchev–Trinajstić information content (AvgIpc) is 2.18. The summed E-state index contributed by atoms with van der Waals surface area (Å²) in [6.45, 7) is 7.61. The fourth-order valence-corrected chi connectivity index (χ4v) is 1.37. The molecule has 1 aromatic rings. The molecular formula is C12H16N2O. The lowest BCUT2D eigenvalue weighted by atomic mass is 10.0. The van der Waals surface area contributed by atoms with E-state index in [1.807, 2.05) is 24.3 Å². The third-order valence-corrected chi connectivity index (χ3v) is 2.06. The molecule has 0 atom stereocenters. The van der Waals surface area contributed by atoms with Crippen molar-refractivity contribution in [3.05, 3.63) is 42.6 Å². The van der Waals surface area contributed by atoms with E-state index in [1.54, 1.807) is 0 Å². The fraction of sp³-hybridized carbons (Fsp3) is 0.250. The standard InChI is InChI=1S/C12H16N2O/c1-4-13-12(15)14-11-8-6-5-7-10(11)9(2)3/h4-9H,1H2,2-3H3,(H2,13,14,15). The van der Waals surface area contributed by atoms with Crippen LogP contribution >= 0.6 is 0 Å². The second-order valence-electron chi connectivity index (χ2n) is 3.54. The molecule has 1 aromatic carbocycles. The van der Waals surface area contributed by atoms with Crippen molar-refractivity contribution in [3.63, 3.8) is 0 Å². The minimum absolute atomic E-state index is 0.266. The lowest BCUT2D eigenvalue weighted by Gasteiger charge is -2.13. The van der Waals surface area contributed by atoms with Gasteiger partial charge in [0.15, 0.2) is 0 Å². The van der Waals surface area contributed by atoms with Crippen LogP contribution in [0.15, 0.2) is 37.0 Å². The van der Waals surface area contributed by atoms with Crippen LogP contribution in [0.4, 0.5) is 10.5 Å². The maximum atomic E-state index is 11.3. The summed E-state index contributed by atoms with van der Waals surface area (Å²) in [5.74, 6) is 0.380. The number of rotatable bonds is 3. The van der Waals surface area contributed by atoms with Crippen LogP contribution in [-0.2, 0) is 0 Å². The molecule has 2 amide bonds. The number of nitrogens with one attached hydrogen (secondary N) is 2. The molecule has 0 saturated carbocycles. The first-order valence-electron chi connectivity index (χ1n) is 4.92. The van der Waals surface area contributed by atoms with Crippen LogP contribution in [0.5, 0.6) is 0 Å². The lowest BCUT2D eigenvalue weighted by Crippen LogP contribution is -2.24. The summed E-state index contributed by atoms with van der Waals surface area (Å²) in [4.78, 5) is 11.3. The van der Waals surface area contributed by atoms with Gasteiger partial charge in [0.25, 0.3) is 0 Å². The van der Waals surface area contributed by atoms with Gasteiger partial charge in [0.1, 0.15) is 0 Å². The predicted molar refractivity (Wildman–Crippen MR) is 62.9 cm³/mol. The van der Waals surface area contributed by atoms with Crippen molar-refractivity contribution < 1.29 is 4.79 Å². The molecule has 0 radical (unpaired) electrons. The van der Waals surface area contributed by atoms with Gasteiger partial charge in [-0.05, 0) is 23.7 Å². The summed E-state index contributed by atoms with van der Waals surface area (Å²) < 4.78 is 0. The Morgan fingerprint density at radius 2 is 2.07 bits per heavy atom. The zero-order valence-electron chi connectivity index (χ0n) is 9.08. The van der Waals surface area contributed by atoms with Crippen LogP contribution in [0.3, 0.4) is 0 Å². The summed E-state index contributed by atoms with van der Waals surface area (Å²) in [5, 5.41) is 5.25. The van der Waals surface area contributed by atoms with E-state index in [0.717, 1.165) is 11.3 Å². The molecule has 0 spiro atoms. The molecule has 3 nitrogen and oxygen atoms in total. The number of urea groups is 1. The zero-order valence-corrected chi connectivity index (χ0v) is 9.08. The van der Waals surface area contributed by atoms with Crippen molar-refractivity contribution in [2.75, 3.05) is 5.32 Å². The second-order valence-corrected chi connectivity index (χ2v) is 3.54. The van der Waals surface area contributed by atoms with E-state index in [9.17, 15) is 4.79 Å². The highest BCUT2D eigenvalue weighted by Gasteiger charge is 2.07. The molecule has 0 aromatic heterocycles. The molecule has 0 heterocycles. The van der Waals surface area contributed by atoms with Gasteiger partial charge in [-0.3, -0.25) is 0 Å². The Balaban J connectivity index is 2.84. The molecule has 80 valence electrons. The molecule has 0 aliphatic heterocycles. The van der Waals surface area contributed by atoms with Crippen LogP contribution in [0.2, 0.25) is 0 Å². The number of anilines is 1. The minimum atomic E-state index is -0.266. The van der Waals surface area contributed by atoms with Crippen LogP contribution < -0.4 is 10.6 Å². The van der Waals surface area contributed by atoms with E-state index in [-0.39, 0.29) is 6.03 Å². The highest BCUT2D eigenvalue weighted by Crippen LogP contribution is 2.23. The fourth-order valence-electron chi connectivity index (χ4n) is 1.37. The largest absolute Gasteiger partial charge is 0.323 e. The van der Waals surface area contributed by atoms with E-state index >= 15 is 0 Å². The van der Waals surface area contributed by atoms with Crippen LogP contribution in [0.25, 0.3) is 0 Å². The van der Waals surface area contributed by atoms with E-state index in [1.165, 1.54) is 6.20 Å². The number of para-hydroxylation sites is 1. The maximum absolute atomic E-state index is 11.3. The van der Waals surface area contributed by atoms with Gasteiger partial charge in [-0.2, -0.15) is 0 Å². The van der Waals surface area contributed by atoms with E-state index < -0.39 is 0 Å². The van der Waals surface area contributed by atoms with Crippen molar-refractivity contribution in [1.82, 2.24) is 5.32 Å². The van der Waals surface area contributed by atoms with Crippen molar-refractivity contribution in [3.8, 4) is 0 Å². The Hall–Kier alpha value is -1.77. The van der Waals surface area contributed by atoms with Crippen molar-refractivity contribution >= 4 is 11.7 Å². The molecule has 2 N–H and O–H groups in total. The van der Waals surface area contributed by atoms with Gasteiger partial charge in [0.2, 0.25) is 0 Å².